The maximum absolute atomic E-state index is 12.3. The molecule has 118 valence electrons. The van der Waals surface area contributed by atoms with Gasteiger partial charge in [0.15, 0.2) is 12.8 Å². The van der Waals surface area contributed by atoms with Crippen LogP contribution in [0.3, 0.4) is 0 Å². The Balaban J connectivity index is 2.15. The molecule has 0 fully saturated rings. The summed E-state index contributed by atoms with van der Waals surface area (Å²) in [6, 6.07) is 10.1. The van der Waals surface area contributed by atoms with Gasteiger partial charge in [-0.05, 0) is 49.2 Å². The van der Waals surface area contributed by atoms with E-state index in [2.05, 4.69) is 0 Å². The number of nitriles is 1. The number of ether oxygens (including phenoxy) is 1. The van der Waals surface area contributed by atoms with Gasteiger partial charge >= 0.3 is 0 Å². The van der Waals surface area contributed by atoms with Crippen molar-refractivity contribution in [2.24, 2.45) is 0 Å². The third kappa shape index (κ3) is 3.95. The molecule has 0 saturated carbocycles. The molecule has 0 aliphatic heterocycles. The Morgan fingerprint density at radius 2 is 2.00 bits per heavy atom. The van der Waals surface area contributed by atoms with Crippen molar-refractivity contribution in [3.05, 3.63) is 57.6 Å². The smallest absolute Gasteiger partial charge is 0.278 e. The van der Waals surface area contributed by atoms with E-state index in [1.165, 1.54) is 6.07 Å². The monoisotopic (exact) mass is 348 g/mol. The summed E-state index contributed by atoms with van der Waals surface area (Å²) in [7, 11) is 0. The van der Waals surface area contributed by atoms with Crippen LogP contribution in [0.5, 0.6) is 5.75 Å². The van der Waals surface area contributed by atoms with Crippen molar-refractivity contribution < 1.29 is 9.53 Å². The quantitative estimate of drug-likeness (QED) is 0.603. The van der Waals surface area contributed by atoms with Crippen molar-refractivity contribution in [3.8, 4) is 11.9 Å². The number of benzene rings is 2. The molecule has 0 radical (unpaired) electrons. The predicted molar refractivity (Wildman–Crippen MR) is 91.0 cm³/mol. The highest BCUT2D eigenvalue weighted by molar-refractivity contribution is 6.35. The molecule has 2 aromatic rings. The van der Waals surface area contributed by atoms with E-state index >= 15 is 0 Å². The summed E-state index contributed by atoms with van der Waals surface area (Å²) in [6.07, 6.45) is 1.90. The Kier molecular flexibility index (Phi) is 5.49. The first-order valence-corrected chi connectivity index (χ1v) is 7.56. The Hall–Kier alpha value is -2.22. The number of hydrogen-bond donors (Lipinski definition) is 0. The topological polar surface area (TPSA) is 53.3 Å². The molecule has 0 heterocycles. The number of hydrogen-bond acceptors (Lipinski definition) is 3. The molecule has 2 rings (SSSR count). The minimum Gasteiger partial charge on any atom is -0.482 e. The van der Waals surface area contributed by atoms with E-state index in [4.69, 9.17) is 27.9 Å². The standard InChI is InChI=1S/C17H14Cl2N2O2/c1-11-4-3-5-15(12(11)2)21(10-20)17(22)9-23-16-7-6-13(18)8-14(16)19/h3-8H,9H2,1-2H3. The molecule has 0 aromatic heterocycles. The zero-order valence-electron chi connectivity index (χ0n) is 12.6. The lowest BCUT2D eigenvalue weighted by Gasteiger charge is -2.18. The van der Waals surface area contributed by atoms with Gasteiger partial charge < -0.3 is 4.74 Å². The second-order valence-corrected chi connectivity index (χ2v) is 5.76. The number of rotatable bonds is 4. The van der Waals surface area contributed by atoms with Crippen LogP contribution in [0.25, 0.3) is 0 Å². The van der Waals surface area contributed by atoms with Crippen LogP contribution in [0.1, 0.15) is 11.1 Å². The summed E-state index contributed by atoms with van der Waals surface area (Å²) in [4.78, 5) is 13.3. The number of halogens is 2. The van der Waals surface area contributed by atoms with Crippen molar-refractivity contribution in [1.82, 2.24) is 0 Å². The Bertz CT molecular complexity index is 785. The van der Waals surface area contributed by atoms with Crippen LogP contribution in [-0.4, -0.2) is 12.5 Å². The van der Waals surface area contributed by atoms with E-state index < -0.39 is 5.91 Å². The van der Waals surface area contributed by atoms with Crippen LogP contribution in [0.15, 0.2) is 36.4 Å². The van der Waals surface area contributed by atoms with E-state index in [1.807, 2.05) is 26.1 Å². The van der Waals surface area contributed by atoms with Crippen LogP contribution in [0.2, 0.25) is 10.0 Å². The number of amides is 1. The minimum atomic E-state index is -0.479. The highest BCUT2D eigenvalue weighted by atomic mass is 35.5. The van der Waals surface area contributed by atoms with E-state index in [9.17, 15) is 10.1 Å². The van der Waals surface area contributed by atoms with Gasteiger partial charge in [0.1, 0.15) is 5.75 Å². The van der Waals surface area contributed by atoms with Crippen molar-refractivity contribution >= 4 is 34.8 Å². The molecule has 0 aliphatic carbocycles. The van der Waals surface area contributed by atoms with Crippen LogP contribution in [0.4, 0.5) is 5.69 Å². The van der Waals surface area contributed by atoms with Gasteiger partial charge in [-0.1, -0.05) is 35.3 Å². The SMILES string of the molecule is Cc1cccc(N(C#N)C(=O)COc2ccc(Cl)cc2Cl)c1C. The molecule has 4 nitrogen and oxygen atoms in total. The summed E-state index contributed by atoms with van der Waals surface area (Å²) in [6.45, 7) is 3.48. The average Bonchev–Trinajstić information content (AvgIpc) is 2.51. The molecule has 2 aromatic carbocycles. The number of nitrogens with zero attached hydrogens (tertiary/aromatic N) is 2. The number of carbonyl (C=O) groups is 1. The van der Waals surface area contributed by atoms with Crippen LogP contribution in [-0.2, 0) is 4.79 Å². The van der Waals surface area contributed by atoms with Gasteiger partial charge in [-0.2, -0.15) is 5.26 Å². The maximum Gasteiger partial charge on any atom is 0.278 e. The average molecular weight is 349 g/mol. The molecule has 23 heavy (non-hydrogen) atoms. The molecule has 0 aliphatic rings. The summed E-state index contributed by atoms with van der Waals surface area (Å²) in [5.41, 5.74) is 2.41. The number of aryl methyl sites for hydroxylation is 1. The fourth-order valence-electron chi connectivity index (χ4n) is 2.02. The van der Waals surface area contributed by atoms with Gasteiger partial charge in [-0.25, -0.2) is 4.90 Å². The molecule has 0 saturated heterocycles. The fourth-order valence-corrected chi connectivity index (χ4v) is 2.48. The molecular formula is C17H14Cl2N2O2. The van der Waals surface area contributed by atoms with E-state index in [0.29, 0.717) is 21.5 Å². The summed E-state index contributed by atoms with van der Waals surface area (Å²) >= 11 is 11.8. The minimum absolute atomic E-state index is 0.303. The zero-order valence-corrected chi connectivity index (χ0v) is 14.1. The van der Waals surface area contributed by atoms with Crippen molar-refractivity contribution in [2.45, 2.75) is 13.8 Å². The molecule has 0 bridgehead atoms. The van der Waals surface area contributed by atoms with Crippen molar-refractivity contribution in [3.63, 3.8) is 0 Å². The molecule has 1 amide bonds. The predicted octanol–water partition coefficient (Wildman–Crippen LogP) is 4.50. The Morgan fingerprint density at radius 3 is 2.65 bits per heavy atom. The first-order valence-electron chi connectivity index (χ1n) is 6.80. The maximum atomic E-state index is 12.3. The second-order valence-electron chi connectivity index (χ2n) is 4.91. The van der Waals surface area contributed by atoms with Gasteiger partial charge in [-0.15, -0.1) is 0 Å². The van der Waals surface area contributed by atoms with Gasteiger partial charge in [0.05, 0.1) is 10.7 Å². The van der Waals surface area contributed by atoms with Gasteiger partial charge in [0, 0.05) is 5.02 Å². The summed E-state index contributed by atoms with van der Waals surface area (Å²) in [5.74, 6) is -0.143. The lowest BCUT2D eigenvalue weighted by Crippen LogP contribution is -2.31. The van der Waals surface area contributed by atoms with Crippen LogP contribution < -0.4 is 9.64 Å². The lowest BCUT2D eigenvalue weighted by molar-refractivity contribution is -0.119. The third-order valence-corrected chi connectivity index (χ3v) is 3.94. The highest BCUT2D eigenvalue weighted by Crippen LogP contribution is 2.28. The highest BCUT2D eigenvalue weighted by Gasteiger charge is 2.19. The molecule has 0 atom stereocenters. The van der Waals surface area contributed by atoms with Crippen LogP contribution in [0, 0.1) is 25.3 Å². The number of carbonyl (C=O) groups excluding carboxylic acids is 1. The van der Waals surface area contributed by atoms with Crippen molar-refractivity contribution in [1.29, 1.82) is 5.26 Å². The Labute approximate surface area is 144 Å². The van der Waals surface area contributed by atoms with Crippen molar-refractivity contribution in [2.75, 3.05) is 11.5 Å². The van der Waals surface area contributed by atoms with E-state index in [0.717, 1.165) is 16.0 Å². The fraction of sp³-hybridized carbons (Fsp3) is 0.176. The third-order valence-electron chi connectivity index (χ3n) is 3.41. The van der Waals surface area contributed by atoms with Gasteiger partial charge in [0.2, 0.25) is 0 Å². The summed E-state index contributed by atoms with van der Waals surface area (Å²) < 4.78 is 5.40. The summed E-state index contributed by atoms with van der Waals surface area (Å²) in [5, 5.41) is 10.1. The largest absolute Gasteiger partial charge is 0.482 e. The number of anilines is 1. The van der Waals surface area contributed by atoms with Gasteiger partial charge in [0.25, 0.3) is 5.91 Å². The van der Waals surface area contributed by atoms with Gasteiger partial charge in [-0.3, -0.25) is 4.79 Å². The first-order chi connectivity index (χ1) is 10.9. The lowest BCUT2D eigenvalue weighted by atomic mass is 10.1. The molecular weight excluding hydrogens is 335 g/mol. The molecule has 0 unspecified atom stereocenters. The van der Waals surface area contributed by atoms with Crippen LogP contribution >= 0.6 is 23.2 Å². The Morgan fingerprint density at radius 1 is 1.26 bits per heavy atom. The molecule has 0 spiro atoms. The second kappa shape index (κ2) is 7.36. The molecule has 6 heteroatoms. The van der Waals surface area contributed by atoms with E-state index in [1.54, 1.807) is 24.3 Å². The first kappa shape index (κ1) is 17.1. The normalized spacial score (nSPS) is 10.0. The van der Waals surface area contributed by atoms with E-state index in [-0.39, 0.29) is 6.61 Å². The zero-order chi connectivity index (χ0) is 17.0. The molecule has 0 N–H and O–H groups in total.